The average molecular weight is 326 g/mol. The van der Waals surface area contributed by atoms with E-state index in [0.29, 0.717) is 5.69 Å². The van der Waals surface area contributed by atoms with E-state index in [4.69, 9.17) is 5.73 Å². The summed E-state index contributed by atoms with van der Waals surface area (Å²) in [6.45, 7) is 6.23. The number of nitrogens with two attached hydrogens (primary N) is 1. The number of aromatic nitrogens is 1. The van der Waals surface area contributed by atoms with Gasteiger partial charge in [-0.15, -0.1) is 0 Å². The summed E-state index contributed by atoms with van der Waals surface area (Å²) in [7, 11) is 0. The van der Waals surface area contributed by atoms with Gasteiger partial charge in [0.15, 0.2) is 0 Å². The molecule has 3 N–H and O–H groups in total. The predicted octanol–water partition coefficient (Wildman–Crippen LogP) is 4.26. The van der Waals surface area contributed by atoms with Gasteiger partial charge in [0.1, 0.15) is 0 Å². The van der Waals surface area contributed by atoms with E-state index in [1.165, 1.54) is 0 Å². The number of nitrogens with zero attached hydrogens (tertiary/aromatic N) is 1. The number of unbranched alkanes of at least 4 members (excludes halogenated alkanes) is 2. The molecule has 0 unspecified atom stereocenters. The first kappa shape index (κ1) is 18.1. The second-order valence-electron chi connectivity index (χ2n) is 6.20. The Kier molecular flexibility index (Phi) is 6.10. The standard InChI is InChI=1S/C20H26N2O2/c1-4-5-6-7-17-16(12-21)19(15-10-8-13(2)9-11-15)18(20(23)24)14(3)22-17/h8-11H,4-7,12,21H2,1-3H3,(H,23,24). The monoisotopic (exact) mass is 326 g/mol. The van der Waals surface area contributed by atoms with E-state index in [1.807, 2.05) is 31.2 Å². The quantitative estimate of drug-likeness (QED) is 0.746. The Morgan fingerprint density at radius 2 is 1.83 bits per heavy atom. The van der Waals surface area contributed by atoms with Crippen molar-refractivity contribution in [1.29, 1.82) is 0 Å². The third-order valence-corrected chi connectivity index (χ3v) is 4.34. The number of benzene rings is 1. The smallest absolute Gasteiger partial charge is 0.338 e. The molecule has 0 atom stereocenters. The number of hydrogen-bond acceptors (Lipinski definition) is 3. The van der Waals surface area contributed by atoms with E-state index >= 15 is 0 Å². The first-order valence-corrected chi connectivity index (χ1v) is 8.52. The van der Waals surface area contributed by atoms with Crippen LogP contribution in [0.2, 0.25) is 0 Å². The number of hydrogen-bond donors (Lipinski definition) is 2. The lowest BCUT2D eigenvalue weighted by Crippen LogP contribution is -2.14. The maximum Gasteiger partial charge on any atom is 0.338 e. The summed E-state index contributed by atoms with van der Waals surface area (Å²) in [6, 6.07) is 7.92. The van der Waals surface area contributed by atoms with Gasteiger partial charge in [0.25, 0.3) is 0 Å². The minimum atomic E-state index is -0.953. The van der Waals surface area contributed by atoms with E-state index in [9.17, 15) is 9.90 Å². The highest BCUT2D eigenvalue weighted by molar-refractivity contribution is 5.98. The van der Waals surface area contributed by atoms with Gasteiger partial charge in [-0.1, -0.05) is 49.6 Å². The van der Waals surface area contributed by atoms with Crippen LogP contribution < -0.4 is 5.73 Å². The largest absolute Gasteiger partial charge is 0.478 e. The number of carboxylic acids is 1. The van der Waals surface area contributed by atoms with Crippen molar-refractivity contribution in [3.63, 3.8) is 0 Å². The molecule has 0 bridgehead atoms. The van der Waals surface area contributed by atoms with Gasteiger partial charge in [-0.3, -0.25) is 4.98 Å². The predicted molar refractivity (Wildman–Crippen MR) is 97.2 cm³/mol. The molecule has 4 nitrogen and oxygen atoms in total. The Labute approximate surface area is 143 Å². The van der Waals surface area contributed by atoms with Crippen LogP contribution in [0, 0.1) is 13.8 Å². The highest BCUT2D eigenvalue weighted by Gasteiger charge is 2.22. The molecule has 1 aromatic carbocycles. The van der Waals surface area contributed by atoms with Gasteiger partial charge in [0.2, 0.25) is 0 Å². The highest BCUT2D eigenvalue weighted by Crippen LogP contribution is 2.32. The molecule has 2 rings (SSSR count). The lowest BCUT2D eigenvalue weighted by atomic mass is 9.90. The van der Waals surface area contributed by atoms with Crippen LogP contribution in [-0.4, -0.2) is 16.1 Å². The summed E-state index contributed by atoms with van der Waals surface area (Å²) < 4.78 is 0. The summed E-state index contributed by atoms with van der Waals surface area (Å²) in [5, 5.41) is 9.71. The second kappa shape index (κ2) is 8.06. The minimum absolute atomic E-state index is 0.263. The molecule has 0 saturated carbocycles. The van der Waals surface area contributed by atoms with E-state index < -0.39 is 5.97 Å². The van der Waals surface area contributed by atoms with Crippen molar-refractivity contribution < 1.29 is 9.90 Å². The zero-order valence-corrected chi connectivity index (χ0v) is 14.7. The van der Waals surface area contributed by atoms with Gasteiger partial charge in [-0.25, -0.2) is 4.79 Å². The van der Waals surface area contributed by atoms with Crippen LogP contribution in [0.25, 0.3) is 11.1 Å². The summed E-state index contributed by atoms with van der Waals surface area (Å²) >= 11 is 0. The summed E-state index contributed by atoms with van der Waals surface area (Å²) in [5.41, 5.74) is 11.4. The fourth-order valence-corrected chi connectivity index (χ4v) is 3.07. The van der Waals surface area contributed by atoms with Crippen LogP contribution in [0.1, 0.15) is 59.1 Å². The molecule has 0 aliphatic carbocycles. The Balaban J connectivity index is 2.66. The summed E-state index contributed by atoms with van der Waals surface area (Å²) in [6.07, 6.45) is 4.13. The maximum atomic E-state index is 11.8. The molecule has 1 heterocycles. The molecule has 0 radical (unpaired) electrons. The number of rotatable bonds is 7. The normalized spacial score (nSPS) is 10.8. The van der Waals surface area contributed by atoms with Crippen molar-refractivity contribution in [3.8, 4) is 11.1 Å². The lowest BCUT2D eigenvalue weighted by Gasteiger charge is -2.18. The highest BCUT2D eigenvalue weighted by atomic mass is 16.4. The SMILES string of the molecule is CCCCCc1nc(C)c(C(=O)O)c(-c2ccc(C)cc2)c1CN. The van der Waals surface area contributed by atoms with Crippen molar-refractivity contribution >= 4 is 5.97 Å². The van der Waals surface area contributed by atoms with Gasteiger partial charge in [0, 0.05) is 17.8 Å². The lowest BCUT2D eigenvalue weighted by molar-refractivity contribution is 0.0696. The van der Waals surface area contributed by atoms with E-state index in [1.54, 1.807) is 6.92 Å². The van der Waals surface area contributed by atoms with Crippen LogP contribution in [0.5, 0.6) is 0 Å². The second-order valence-corrected chi connectivity index (χ2v) is 6.20. The number of pyridine rings is 1. The fourth-order valence-electron chi connectivity index (χ4n) is 3.07. The van der Waals surface area contributed by atoms with Crippen molar-refractivity contribution in [2.24, 2.45) is 5.73 Å². The van der Waals surface area contributed by atoms with Crippen molar-refractivity contribution in [1.82, 2.24) is 4.98 Å². The van der Waals surface area contributed by atoms with Crippen LogP contribution in [-0.2, 0) is 13.0 Å². The summed E-state index contributed by atoms with van der Waals surface area (Å²) in [5.74, 6) is -0.953. The van der Waals surface area contributed by atoms with E-state index in [-0.39, 0.29) is 12.1 Å². The molecule has 0 saturated heterocycles. The Morgan fingerprint density at radius 3 is 2.38 bits per heavy atom. The molecule has 0 amide bonds. The Bertz CT molecular complexity index is 721. The minimum Gasteiger partial charge on any atom is -0.478 e. The molecule has 24 heavy (non-hydrogen) atoms. The maximum absolute atomic E-state index is 11.8. The molecule has 0 spiro atoms. The van der Waals surface area contributed by atoms with Crippen LogP contribution in [0.15, 0.2) is 24.3 Å². The molecule has 128 valence electrons. The molecular weight excluding hydrogens is 300 g/mol. The Morgan fingerprint density at radius 1 is 1.17 bits per heavy atom. The van der Waals surface area contributed by atoms with Crippen LogP contribution in [0.3, 0.4) is 0 Å². The zero-order valence-electron chi connectivity index (χ0n) is 14.7. The van der Waals surface area contributed by atoms with Gasteiger partial charge in [-0.2, -0.15) is 0 Å². The molecule has 0 aliphatic rings. The van der Waals surface area contributed by atoms with Gasteiger partial charge in [0.05, 0.1) is 11.3 Å². The summed E-state index contributed by atoms with van der Waals surface area (Å²) in [4.78, 5) is 16.4. The molecule has 0 fully saturated rings. The molecule has 2 aromatic rings. The first-order valence-electron chi connectivity index (χ1n) is 8.52. The molecule has 0 aliphatic heterocycles. The topological polar surface area (TPSA) is 76.2 Å². The number of aromatic carboxylic acids is 1. The van der Waals surface area contributed by atoms with Gasteiger partial charge < -0.3 is 10.8 Å². The molecular formula is C20H26N2O2. The number of aryl methyl sites for hydroxylation is 3. The molecule has 4 heteroatoms. The van der Waals surface area contributed by atoms with E-state index in [2.05, 4.69) is 11.9 Å². The Hall–Kier alpha value is -2.20. The molecule has 1 aromatic heterocycles. The fraction of sp³-hybridized carbons (Fsp3) is 0.400. The first-order chi connectivity index (χ1) is 11.5. The zero-order chi connectivity index (χ0) is 17.7. The van der Waals surface area contributed by atoms with E-state index in [0.717, 1.165) is 53.6 Å². The third kappa shape index (κ3) is 3.82. The van der Waals surface area contributed by atoms with Gasteiger partial charge in [-0.05, 0) is 37.8 Å². The average Bonchev–Trinajstić information content (AvgIpc) is 2.55. The van der Waals surface area contributed by atoms with Crippen LogP contribution >= 0.6 is 0 Å². The van der Waals surface area contributed by atoms with Crippen molar-refractivity contribution in [2.45, 2.75) is 53.0 Å². The number of carbonyl (C=O) groups is 1. The van der Waals surface area contributed by atoms with Gasteiger partial charge >= 0.3 is 5.97 Å². The number of carboxylic acid groups (broad SMARTS) is 1. The van der Waals surface area contributed by atoms with Crippen LogP contribution in [0.4, 0.5) is 0 Å². The van der Waals surface area contributed by atoms with Crippen molar-refractivity contribution in [3.05, 3.63) is 52.3 Å². The third-order valence-electron chi connectivity index (χ3n) is 4.34. The van der Waals surface area contributed by atoms with Crippen molar-refractivity contribution in [2.75, 3.05) is 0 Å².